The molecule has 12 heavy (non-hydrogen) atoms. The van der Waals surface area contributed by atoms with Crippen LogP contribution in [-0.2, 0) is 0 Å². The normalized spacial score (nSPS) is 25.4. The zero-order valence-corrected chi connectivity index (χ0v) is 6.08. The van der Waals surface area contributed by atoms with Crippen LogP contribution in [0, 0.1) is 5.21 Å². The first-order chi connectivity index (χ1) is 5.76. The number of quaternary nitrogens is 1. The predicted molar refractivity (Wildman–Crippen MR) is 45.2 cm³/mol. The van der Waals surface area contributed by atoms with Crippen LogP contribution in [0.3, 0.4) is 0 Å². The standard InChI is InChI=1S/C7H5N4O/c8-10-11(12)5-9-6-3-1-2-4-7(6)11/h1-5H. The molecule has 0 amide bonds. The van der Waals surface area contributed by atoms with Crippen LogP contribution in [-0.4, -0.2) is 6.34 Å². The highest BCUT2D eigenvalue weighted by atomic mass is 16.6. The molecule has 1 aromatic rings. The molecule has 0 fully saturated rings. The van der Waals surface area contributed by atoms with Crippen LogP contribution in [0.4, 0.5) is 11.4 Å². The van der Waals surface area contributed by atoms with E-state index in [1.807, 2.05) is 0 Å². The summed E-state index contributed by atoms with van der Waals surface area (Å²) in [5.41, 5.74) is 9.35. The van der Waals surface area contributed by atoms with Crippen molar-refractivity contribution in [2.24, 2.45) is 4.99 Å². The van der Waals surface area contributed by atoms with Gasteiger partial charge in [-0.1, -0.05) is 12.1 Å². The van der Waals surface area contributed by atoms with Crippen molar-refractivity contribution < 1.29 is 0 Å². The third-order valence-corrected chi connectivity index (χ3v) is 1.71. The summed E-state index contributed by atoms with van der Waals surface area (Å²) in [5.74, 6) is 0. The first kappa shape index (κ1) is 7.08. The Morgan fingerprint density at radius 2 is 2.17 bits per heavy atom. The number of aliphatic imine (C=N–C) groups is 1. The molecule has 2 rings (SSSR count). The molecule has 1 aromatic carbocycles. The van der Waals surface area contributed by atoms with E-state index in [1.165, 1.54) is 0 Å². The minimum absolute atomic E-state index is 0.333. The van der Waals surface area contributed by atoms with E-state index in [2.05, 4.69) is 10.2 Å². The van der Waals surface area contributed by atoms with Gasteiger partial charge < -0.3 is 10.7 Å². The molecule has 0 saturated carbocycles. The fourth-order valence-corrected chi connectivity index (χ4v) is 1.12. The molecule has 1 aliphatic heterocycles. The molecule has 1 radical (unpaired) electrons. The molecule has 0 saturated heterocycles. The van der Waals surface area contributed by atoms with Gasteiger partial charge in [-0.25, -0.2) is 0 Å². The minimum atomic E-state index is -1.24. The van der Waals surface area contributed by atoms with Crippen LogP contribution in [0.25, 0.3) is 5.53 Å². The number of nitrogens with zero attached hydrogens (tertiary/aromatic N) is 4. The average molecular weight is 161 g/mol. The van der Waals surface area contributed by atoms with E-state index in [0.29, 0.717) is 11.4 Å². The van der Waals surface area contributed by atoms with Gasteiger partial charge in [-0.15, -0.1) is 0 Å². The number of benzene rings is 1. The lowest BCUT2D eigenvalue weighted by atomic mass is 10.3. The van der Waals surface area contributed by atoms with Gasteiger partial charge in [0.1, 0.15) is 5.69 Å². The lowest BCUT2D eigenvalue weighted by molar-refractivity contribution is 0.530. The topological polar surface area (TPSA) is 71.8 Å². The highest BCUT2D eigenvalue weighted by molar-refractivity contribution is 5.88. The second kappa shape index (κ2) is 2.20. The second-order valence-electron chi connectivity index (χ2n) is 2.45. The molecule has 5 nitrogen and oxygen atoms in total. The lowest BCUT2D eigenvalue weighted by Crippen LogP contribution is -2.40. The van der Waals surface area contributed by atoms with Gasteiger partial charge in [-0.05, 0) is 6.07 Å². The maximum Gasteiger partial charge on any atom is 0.259 e. The lowest BCUT2D eigenvalue weighted by Gasteiger charge is -2.14. The summed E-state index contributed by atoms with van der Waals surface area (Å²) in [6.45, 7) is 0. The fourth-order valence-electron chi connectivity index (χ4n) is 1.12. The molecule has 0 aromatic heterocycles. The molecule has 1 heterocycles. The highest BCUT2D eigenvalue weighted by Crippen LogP contribution is 2.34. The maximum atomic E-state index is 11.5. The maximum absolute atomic E-state index is 11.5. The Hall–Kier alpha value is -1.59. The van der Waals surface area contributed by atoms with Crippen molar-refractivity contribution in [1.82, 2.24) is 9.98 Å². The Kier molecular flexibility index (Phi) is 1.30. The number of para-hydroxylation sites is 2. The number of rotatable bonds is 1. The molecule has 59 valence electrons. The predicted octanol–water partition coefficient (Wildman–Crippen LogP) is 1.44. The highest BCUT2D eigenvalue weighted by Gasteiger charge is 2.34. The first-order valence-electron chi connectivity index (χ1n) is 3.37. The van der Waals surface area contributed by atoms with E-state index >= 15 is 0 Å². The molecule has 5 heteroatoms. The van der Waals surface area contributed by atoms with Gasteiger partial charge in [0, 0.05) is 10.8 Å². The van der Waals surface area contributed by atoms with Gasteiger partial charge in [-0.3, -0.25) is 0 Å². The first-order valence-corrected chi connectivity index (χ1v) is 3.37. The van der Waals surface area contributed by atoms with Crippen molar-refractivity contribution in [3.05, 3.63) is 35.0 Å². The van der Waals surface area contributed by atoms with E-state index in [9.17, 15) is 5.21 Å². The number of hydrogen-bond donors (Lipinski definition) is 0. The molecule has 1 aliphatic rings. The van der Waals surface area contributed by atoms with Gasteiger partial charge in [0.15, 0.2) is 5.22 Å². The molecule has 0 N–H and O–H groups in total. The van der Waals surface area contributed by atoms with E-state index in [4.69, 9.17) is 5.53 Å². The third-order valence-electron chi connectivity index (χ3n) is 1.71. The Morgan fingerprint density at radius 3 is 2.92 bits per heavy atom. The summed E-state index contributed by atoms with van der Waals surface area (Å²) >= 11 is 0. The smallest absolute Gasteiger partial charge is 0.259 e. The van der Waals surface area contributed by atoms with Crippen LogP contribution in [0.15, 0.2) is 29.3 Å². The summed E-state index contributed by atoms with van der Waals surface area (Å²) in [6.07, 6.45) is 1.03. The largest absolute Gasteiger partial charge is 0.557 e. The van der Waals surface area contributed by atoms with Crippen LogP contribution in [0.1, 0.15) is 0 Å². The quantitative estimate of drug-likeness (QED) is 0.349. The summed E-state index contributed by atoms with van der Waals surface area (Å²) in [6, 6.07) is 6.73. The molecule has 0 aliphatic carbocycles. The van der Waals surface area contributed by atoms with Crippen LogP contribution >= 0.6 is 0 Å². The summed E-state index contributed by atoms with van der Waals surface area (Å²) in [4.78, 5) is 3.80. The van der Waals surface area contributed by atoms with Gasteiger partial charge in [0.05, 0.1) is 0 Å². The Morgan fingerprint density at radius 1 is 1.42 bits per heavy atom. The molecule has 0 spiro atoms. The van der Waals surface area contributed by atoms with E-state index in [0.717, 1.165) is 6.34 Å². The van der Waals surface area contributed by atoms with Crippen LogP contribution in [0.2, 0.25) is 0 Å². The minimum Gasteiger partial charge on any atom is -0.557 e. The molecular weight excluding hydrogens is 156 g/mol. The molecular formula is C7H5N4O. The number of hydroxylamine groups is 1. The average Bonchev–Trinajstić information content (AvgIpc) is 2.46. The Bertz CT molecular complexity index is 362. The van der Waals surface area contributed by atoms with Crippen LogP contribution in [0.5, 0.6) is 0 Å². The molecule has 1 atom stereocenters. The van der Waals surface area contributed by atoms with E-state index < -0.39 is 4.76 Å². The Balaban J connectivity index is 2.63. The molecule has 1 unspecified atom stereocenters. The van der Waals surface area contributed by atoms with Crippen molar-refractivity contribution in [1.29, 1.82) is 0 Å². The third kappa shape index (κ3) is 0.775. The summed E-state index contributed by atoms with van der Waals surface area (Å²) in [7, 11) is 0. The summed E-state index contributed by atoms with van der Waals surface area (Å²) < 4.78 is -1.24. The number of hydrogen-bond acceptors (Lipinski definition) is 3. The van der Waals surface area contributed by atoms with Crippen molar-refractivity contribution in [3.8, 4) is 0 Å². The molecule has 0 bridgehead atoms. The fraction of sp³-hybridized carbons (Fsp3) is 0. The van der Waals surface area contributed by atoms with E-state index in [1.54, 1.807) is 24.3 Å². The van der Waals surface area contributed by atoms with Crippen molar-refractivity contribution in [2.75, 3.05) is 0 Å². The summed E-state index contributed by atoms with van der Waals surface area (Å²) in [5, 5.41) is 14.2. The van der Waals surface area contributed by atoms with Gasteiger partial charge in [0.2, 0.25) is 5.69 Å². The number of fused-ring (bicyclic) bond motifs is 1. The van der Waals surface area contributed by atoms with Gasteiger partial charge in [-0.2, -0.15) is 4.99 Å². The van der Waals surface area contributed by atoms with E-state index in [-0.39, 0.29) is 0 Å². The van der Waals surface area contributed by atoms with Gasteiger partial charge in [0.25, 0.3) is 6.34 Å². The van der Waals surface area contributed by atoms with Crippen molar-refractivity contribution in [2.45, 2.75) is 0 Å². The SMILES string of the molecule is [N-]=[N+][N+]1([O-])C=Nc2ccccc21. The van der Waals surface area contributed by atoms with Gasteiger partial charge >= 0.3 is 0 Å². The van der Waals surface area contributed by atoms with Crippen LogP contribution < -0.4 is 9.98 Å². The zero-order chi connectivity index (χ0) is 8.60. The monoisotopic (exact) mass is 161 g/mol. The van der Waals surface area contributed by atoms with Crippen molar-refractivity contribution >= 4 is 17.7 Å². The zero-order valence-electron chi connectivity index (χ0n) is 6.08. The Labute approximate surface area is 68.6 Å². The second-order valence-corrected chi connectivity index (χ2v) is 2.45. The van der Waals surface area contributed by atoms with Crippen molar-refractivity contribution in [3.63, 3.8) is 0 Å².